The van der Waals surface area contributed by atoms with E-state index >= 15 is 0 Å². The highest BCUT2D eigenvalue weighted by Gasteiger charge is 2.23. The summed E-state index contributed by atoms with van der Waals surface area (Å²) < 4.78 is 40.8. The Kier molecular flexibility index (Phi) is 4.91. The molecule has 1 N–H and O–H groups in total. The number of anilines is 1. The maximum atomic E-state index is 13.9. The summed E-state index contributed by atoms with van der Waals surface area (Å²) in [6.45, 7) is 6.07. The van der Waals surface area contributed by atoms with Crippen LogP contribution in [0.15, 0.2) is 12.1 Å². The molecule has 1 aromatic rings. The van der Waals surface area contributed by atoms with Gasteiger partial charge in [-0.15, -0.1) is 0 Å². The molecular formula is C15H21F3N2. The van der Waals surface area contributed by atoms with Crippen molar-refractivity contribution in [3.05, 3.63) is 29.6 Å². The Morgan fingerprint density at radius 3 is 2.50 bits per heavy atom. The van der Waals surface area contributed by atoms with Gasteiger partial charge in [0.2, 0.25) is 0 Å². The molecule has 1 aliphatic heterocycles. The lowest BCUT2D eigenvalue weighted by molar-refractivity contribution is 0.383. The third-order valence-electron chi connectivity index (χ3n) is 3.83. The van der Waals surface area contributed by atoms with Crippen molar-refractivity contribution >= 4 is 5.69 Å². The number of nitrogens with one attached hydrogen (secondary N) is 1. The second-order valence-corrected chi connectivity index (χ2v) is 5.57. The zero-order valence-corrected chi connectivity index (χ0v) is 11.9. The van der Waals surface area contributed by atoms with Gasteiger partial charge in [-0.1, -0.05) is 13.8 Å². The van der Waals surface area contributed by atoms with Crippen molar-refractivity contribution in [2.45, 2.75) is 32.7 Å². The van der Waals surface area contributed by atoms with Crippen LogP contribution in [0.4, 0.5) is 18.9 Å². The highest BCUT2D eigenvalue weighted by molar-refractivity contribution is 5.49. The SMILES string of the molecule is CCC1CCN(c2c(F)cc(F)cc2F)CC(C)CN1. The molecule has 0 radical (unpaired) electrons. The van der Waals surface area contributed by atoms with Gasteiger partial charge in [0.1, 0.15) is 11.5 Å². The van der Waals surface area contributed by atoms with Crippen LogP contribution in [0.1, 0.15) is 26.7 Å². The monoisotopic (exact) mass is 286 g/mol. The van der Waals surface area contributed by atoms with E-state index in [9.17, 15) is 13.2 Å². The van der Waals surface area contributed by atoms with Crippen LogP contribution in [0, 0.1) is 23.4 Å². The molecule has 5 heteroatoms. The van der Waals surface area contributed by atoms with Crippen LogP contribution in [0.2, 0.25) is 0 Å². The number of hydrogen-bond acceptors (Lipinski definition) is 2. The third kappa shape index (κ3) is 3.45. The first kappa shape index (κ1) is 15.2. The van der Waals surface area contributed by atoms with Gasteiger partial charge in [0, 0.05) is 31.3 Å². The van der Waals surface area contributed by atoms with Gasteiger partial charge in [-0.3, -0.25) is 0 Å². The zero-order chi connectivity index (χ0) is 14.7. The highest BCUT2D eigenvalue weighted by Crippen LogP contribution is 2.26. The van der Waals surface area contributed by atoms with E-state index in [0.29, 0.717) is 19.1 Å². The van der Waals surface area contributed by atoms with Gasteiger partial charge < -0.3 is 10.2 Å². The Bertz CT molecular complexity index is 441. The van der Waals surface area contributed by atoms with Crippen molar-refractivity contribution in [3.63, 3.8) is 0 Å². The summed E-state index contributed by atoms with van der Waals surface area (Å²) in [5, 5.41) is 3.46. The predicted octanol–water partition coefficient (Wildman–Crippen LogP) is 3.32. The predicted molar refractivity (Wildman–Crippen MR) is 74.4 cm³/mol. The first-order valence-corrected chi connectivity index (χ1v) is 7.14. The van der Waals surface area contributed by atoms with Gasteiger partial charge in [0.15, 0.2) is 11.6 Å². The molecule has 2 atom stereocenters. The van der Waals surface area contributed by atoms with Gasteiger partial charge in [-0.2, -0.15) is 0 Å². The molecule has 1 heterocycles. The molecule has 0 saturated carbocycles. The van der Waals surface area contributed by atoms with Crippen LogP contribution in [0.5, 0.6) is 0 Å². The molecule has 112 valence electrons. The summed E-state index contributed by atoms with van der Waals surface area (Å²) >= 11 is 0. The Balaban J connectivity index is 2.25. The van der Waals surface area contributed by atoms with Crippen LogP contribution in [-0.4, -0.2) is 25.7 Å². The van der Waals surface area contributed by atoms with Crippen molar-refractivity contribution in [1.82, 2.24) is 5.32 Å². The lowest BCUT2D eigenvalue weighted by Crippen LogP contribution is -2.44. The molecule has 0 spiro atoms. The molecule has 0 amide bonds. The van der Waals surface area contributed by atoms with E-state index in [0.717, 1.165) is 31.5 Å². The molecule has 1 fully saturated rings. The largest absolute Gasteiger partial charge is 0.366 e. The van der Waals surface area contributed by atoms with Crippen LogP contribution in [0.25, 0.3) is 0 Å². The zero-order valence-electron chi connectivity index (χ0n) is 11.9. The minimum Gasteiger partial charge on any atom is -0.366 e. The van der Waals surface area contributed by atoms with E-state index in [1.54, 1.807) is 4.90 Å². The van der Waals surface area contributed by atoms with Gasteiger partial charge in [0.25, 0.3) is 0 Å². The van der Waals surface area contributed by atoms with E-state index in [1.807, 2.05) is 6.92 Å². The van der Waals surface area contributed by atoms with Crippen LogP contribution in [-0.2, 0) is 0 Å². The topological polar surface area (TPSA) is 15.3 Å². The second-order valence-electron chi connectivity index (χ2n) is 5.57. The molecule has 0 bridgehead atoms. The summed E-state index contributed by atoms with van der Waals surface area (Å²) in [6.07, 6.45) is 1.80. The quantitative estimate of drug-likeness (QED) is 0.897. The van der Waals surface area contributed by atoms with E-state index in [-0.39, 0.29) is 11.6 Å². The van der Waals surface area contributed by atoms with Gasteiger partial charge in [-0.25, -0.2) is 13.2 Å². The molecule has 20 heavy (non-hydrogen) atoms. The Morgan fingerprint density at radius 1 is 1.25 bits per heavy atom. The molecule has 0 aliphatic carbocycles. The van der Waals surface area contributed by atoms with Crippen LogP contribution >= 0.6 is 0 Å². The van der Waals surface area contributed by atoms with E-state index in [4.69, 9.17) is 0 Å². The number of halogens is 3. The second kappa shape index (κ2) is 6.48. The van der Waals surface area contributed by atoms with Gasteiger partial charge in [0.05, 0.1) is 0 Å². The number of benzene rings is 1. The summed E-state index contributed by atoms with van der Waals surface area (Å²) in [5.74, 6) is -2.25. The Hall–Kier alpha value is -1.23. The Labute approximate surface area is 118 Å². The molecule has 2 unspecified atom stereocenters. The summed E-state index contributed by atoms with van der Waals surface area (Å²) in [7, 11) is 0. The Morgan fingerprint density at radius 2 is 1.90 bits per heavy atom. The molecule has 1 saturated heterocycles. The smallest absolute Gasteiger partial charge is 0.152 e. The van der Waals surface area contributed by atoms with Crippen molar-refractivity contribution < 1.29 is 13.2 Å². The number of rotatable bonds is 2. The maximum absolute atomic E-state index is 13.9. The molecule has 1 aliphatic rings. The lowest BCUT2D eigenvalue weighted by Gasteiger charge is -2.33. The molecule has 1 aromatic carbocycles. The first-order valence-electron chi connectivity index (χ1n) is 7.14. The van der Waals surface area contributed by atoms with Crippen molar-refractivity contribution in [1.29, 1.82) is 0 Å². The van der Waals surface area contributed by atoms with E-state index in [1.165, 1.54) is 0 Å². The van der Waals surface area contributed by atoms with Crippen LogP contribution in [0.3, 0.4) is 0 Å². The highest BCUT2D eigenvalue weighted by atomic mass is 19.1. The minimum absolute atomic E-state index is 0.102. The summed E-state index contributed by atoms with van der Waals surface area (Å²) in [5.41, 5.74) is -0.102. The third-order valence-corrected chi connectivity index (χ3v) is 3.83. The summed E-state index contributed by atoms with van der Waals surface area (Å²) in [6, 6.07) is 1.85. The molecule has 0 aromatic heterocycles. The average molecular weight is 286 g/mol. The minimum atomic E-state index is -0.878. The average Bonchev–Trinajstić information content (AvgIpc) is 2.34. The standard InChI is InChI=1S/C15H21F3N2/c1-3-12-4-5-20(9-10(2)8-19-12)15-13(17)6-11(16)7-14(15)18/h6-7,10,12,19H,3-5,8-9H2,1-2H3. The van der Waals surface area contributed by atoms with Crippen LogP contribution < -0.4 is 10.2 Å². The van der Waals surface area contributed by atoms with Crippen molar-refractivity contribution in [2.24, 2.45) is 5.92 Å². The number of nitrogens with zero attached hydrogens (tertiary/aromatic N) is 1. The molecule has 2 nitrogen and oxygen atoms in total. The van der Waals surface area contributed by atoms with E-state index < -0.39 is 17.5 Å². The lowest BCUT2D eigenvalue weighted by atomic mass is 10.0. The van der Waals surface area contributed by atoms with Crippen molar-refractivity contribution in [2.75, 3.05) is 24.5 Å². The van der Waals surface area contributed by atoms with Gasteiger partial charge >= 0.3 is 0 Å². The maximum Gasteiger partial charge on any atom is 0.152 e. The summed E-state index contributed by atoms with van der Waals surface area (Å²) in [4.78, 5) is 1.71. The van der Waals surface area contributed by atoms with Crippen molar-refractivity contribution in [3.8, 4) is 0 Å². The fourth-order valence-corrected chi connectivity index (χ4v) is 2.70. The molecule has 2 rings (SSSR count). The van der Waals surface area contributed by atoms with E-state index in [2.05, 4.69) is 12.2 Å². The normalized spacial score (nSPS) is 24.4. The molecular weight excluding hydrogens is 265 g/mol. The fourth-order valence-electron chi connectivity index (χ4n) is 2.70. The number of hydrogen-bond donors (Lipinski definition) is 1. The van der Waals surface area contributed by atoms with Gasteiger partial charge in [-0.05, 0) is 25.3 Å². The first-order chi connectivity index (χ1) is 9.51. The fraction of sp³-hybridized carbons (Fsp3) is 0.600.